The molecule has 7 heteroatoms. The van der Waals surface area contributed by atoms with E-state index in [1.54, 1.807) is 48.5 Å². The Morgan fingerprint density at radius 1 is 0.795 bits per heavy atom. The van der Waals surface area contributed by atoms with Gasteiger partial charge in [-0.05, 0) is 41.8 Å². The Labute approximate surface area is 259 Å². The lowest BCUT2D eigenvalue weighted by Gasteiger charge is -2.29. The van der Waals surface area contributed by atoms with Crippen LogP contribution in [-0.4, -0.2) is 46.9 Å². The summed E-state index contributed by atoms with van der Waals surface area (Å²) < 4.78 is 5.95. The molecule has 7 nitrogen and oxygen atoms in total. The van der Waals surface area contributed by atoms with Crippen LogP contribution in [0.2, 0.25) is 0 Å². The molecule has 0 aliphatic carbocycles. The van der Waals surface area contributed by atoms with E-state index in [9.17, 15) is 19.5 Å². The highest BCUT2D eigenvalue weighted by atomic mass is 16.5. The molecular weight excluding hydrogens is 552 g/mol. The van der Waals surface area contributed by atoms with Crippen LogP contribution >= 0.6 is 0 Å². The standard InChI is InChI=1S/C37H40N2O5/c1-37(2,3)36(43)39(26-28-13-6-4-7-14-28)23-12-24-44-30-21-19-27(20-22-30)25-33(35(41)42)38-32-18-11-10-17-31(32)34(40)29-15-8-5-9-16-29/h4-11,13-22,33,38H,12,23-26H2,1-3H3,(H,41,42)/t33-/m0/s1. The van der Waals surface area contributed by atoms with Crippen molar-refractivity contribution in [2.45, 2.75) is 46.2 Å². The number of carbonyl (C=O) groups excluding carboxylic acids is 2. The lowest BCUT2D eigenvalue weighted by atomic mass is 9.94. The van der Waals surface area contributed by atoms with Crippen molar-refractivity contribution in [1.29, 1.82) is 0 Å². The number of para-hydroxylation sites is 1. The van der Waals surface area contributed by atoms with E-state index in [4.69, 9.17) is 4.74 Å². The largest absolute Gasteiger partial charge is 0.494 e. The maximum Gasteiger partial charge on any atom is 0.326 e. The minimum absolute atomic E-state index is 0.0966. The summed E-state index contributed by atoms with van der Waals surface area (Å²) in [5, 5.41) is 13.0. The molecule has 0 heterocycles. The first kappa shape index (κ1) is 32.0. The maximum absolute atomic E-state index is 13.1. The Bertz CT molecular complexity index is 1530. The zero-order valence-electron chi connectivity index (χ0n) is 25.5. The van der Waals surface area contributed by atoms with E-state index in [1.165, 1.54) is 0 Å². The molecule has 0 unspecified atom stereocenters. The van der Waals surface area contributed by atoms with Gasteiger partial charge in [0.05, 0.1) is 6.61 Å². The lowest BCUT2D eigenvalue weighted by Crippen LogP contribution is -2.40. The molecule has 0 saturated carbocycles. The highest BCUT2D eigenvalue weighted by Crippen LogP contribution is 2.23. The third-order valence-electron chi connectivity index (χ3n) is 7.18. The van der Waals surface area contributed by atoms with E-state index in [0.717, 1.165) is 11.1 Å². The fourth-order valence-electron chi connectivity index (χ4n) is 4.87. The minimum Gasteiger partial charge on any atom is -0.494 e. The molecule has 4 aromatic carbocycles. The first-order chi connectivity index (χ1) is 21.1. The van der Waals surface area contributed by atoms with Gasteiger partial charge in [-0.3, -0.25) is 9.59 Å². The maximum atomic E-state index is 13.1. The molecule has 228 valence electrons. The summed E-state index contributed by atoms with van der Waals surface area (Å²) in [6.07, 6.45) is 0.884. The number of nitrogens with zero attached hydrogens (tertiary/aromatic N) is 1. The molecule has 0 radical (unpaired) electrons. The number of hydrogen-bond acceptors (Lipinski definition) is 5. The van der Waals surface area contributed by atoms with Gasteiger partial charge < -0.3 is 20.1 Å². The average molecular weight is 593 g/mol. The Balaban J connectivity index is 1.33. The van der Waals surface area contributed by atoms with Crippen LogP contribution in [0.25, 0.3) is 0 Å². The number of carbonyl (C=O) groups is 3. The molecule has 4 aromatic rings. The van der Waals surface area contributed by atoms with Crippen LogP contribution in [0.1, 0.15) is 54.2 Å². The number of aliphatic carboxylic acids is 1. The fraction of sp³-hybridized carbons (Fsp3) is 0.270. The van der Waals surface area contributed by atoms with Gasteiger partial charge in [0.25, 0.3) is 0 Å². The van der Waals surface area contributed by atoms with Gasteiger partial charge in [-0.2, -0.15) is 0 Å². The van der Waals surface area contributed by atoms with Crippen LogP contribution in [0.3, 0.4) is 0 Å². The van der Waals surface area contributed by atoms with Gasteiger partial charge in [-0.25, -0.2) is 4.79 Å². The average Bonchev–Trinajstić information content (AvgIpc) is 3.03. The van der Waals surface area contributed by atoms with E-state index in [1.807, 2.05) is 86.3 Å². The molecule has 1 amide bonds. The summed E-state index contributed by atoms with van der Waals surface area (Å²) in [5.74, 6) is -0.425. The highest BCUT2D eigenvalue weighted by Gasteiger charge is 2.27. The van der Waals surface area contributed by atoms with E-state index >= 15 is 0 Å². The van der Waals surface area contributed by atoms with E-state index in [2.05, 4.69) is 5.32 Å². The van der Waals surface area contributed by atoms with E-state index in [-0.39, 0.29) is 18.1 Å². The van der Waals surface area contributed by atoms with Crippen molar-refractivity contribution in [2.75, 3.05) is 18.5 Å². The molecular formula is C37H40N2O5. The second-order valence-electron chi connectivity index (χ2n) is 11.8. The first-order valence-corrected chi connectivity index (χ1v) is 14.8. The van der Waals surface area contributed by atoms with Crippen molar-refractivity contribution < 1.29 is 24.2 Å². The zero-order chi connectivity index (χ0) is 31.5. The second kappa shape index (κ2) is 15.0. The number of ether oxygens (including phenoxy) is 1. The lowest BCUT2D eigenvalue weighted by molar-refractivity contribution is -0.140. The number of anilines is 1. The van der Waals surface area contributed by atoms with Crippen LogP contribution in [0.15, 0.2) is 109 Å². The Hall–Kier alpha value is -4.91. The van der Waals surface area contributed by atoms with Crippen molar-refractivity contribution in [1.82, 2.24) is 4.90 Å². The van der Waals surface area contributed by atoms with Crippen LogP contribution in [0, 0.1) is 5.41 Å². The summed E-state index contributed by atoms with van der Waals surface area (Å²) in [6.45, 7) is 7.35. The van der Waals surface area contributed by atoms with Gasteiger partial charge in [0.2, 0.25) is 5.91 Å². The quantitative estimate of drug-likeness (QED) is 0.123. The SMILES string of the molecule is CC(C)(C)C(=O)N(CCCOc1ccc(C[C@H](Nc2ccccc2C(=O)c2ccccc2)C(=O)O)cc1)Cc1ccccc1. The Morgan fingerprint density at radius 2 is 1.41 bits per heavy atom. The van der Waals surface area contributed by atoms with Gasteiger partial charge >= 0.3 is 5.97 Å². The summed E-state index contributed by atoms with van der Waals surface area (Å²) in [7, 11) is 0. The number of hydrogen-bond donors (Lipinski definition) is 2. The number of rotatable bonds is 14. The number of nitrogens with one attached hydrogen (secondary N) is 1. The van der Waals surface area contributed by atoms with Crippen molar-refractivity contribution >= 4 is 23.3 Å². The number of carboxylic acids is 1. The van der Waals surface area contributed by atoms with E-state index < -0.39 is 17.4 Å². The van der Waals surface area contributed by atoms with Crippen LogP contribution in [0.4, 0.5) is 5.69 Å². The predicted molar refractivity (Wildman–Crippen MR) is 173 cm³/mol. The van der Waals surface area contributed by atoms with Gasteiger partial charge in [-0.1, -0.05) is 106 Å². The van der Waals surface area contributed by atoms with Gasteiger partial charge in [0.15, 0.2) is 5.78 Å². The summed E-state index contributed by atoms with van der Waals surface area (Å²) in [6, 6.07) is 32.2. The predicted octanol–water partition coefficient (Wildman–Crippen LogP) is 6.87. The monoisotopic (exact) mass is 592 g/mol. The topological polar surface area (TPSA) is 95.9 Å². The normalized spacial score (nSPS) is 11.8. The van der Waals surface area contributed by atoms with Crippen molar-refractivity contribution in [3.05, 3.63) is 131 Å². The molecule has 0 aliphatic rings. The molecule has 4 rings (SSSR count). The molecule has 0 bridgehead atoms. The Morgan fingerprint density at radius 3 is 2.05 bits per heavy atom. The summed E-state index contributed by atoms with van der Waals surface area (Å²) in [4.78, 5) is 40.2. The Kier molecular flexibility index (Phi) is 10.9. The number of amides is 1. The second-order valence-corrected chi connectivity index (χ2v) is 11.8. The molecule has 0 fully saturated rings. The minimum atomic E-state index is -1.02. The molecule has 0 aromatic heterocycles. The van der Waals surface area contributed by atoms with Crippen LogP contribution < -0.4 is 10.1 Å². The molecule has 1 atom stereocenters. The van der Waals surface area contributed by atoms with Gasteiger partial charge in [0, 0.05) is 41.7 Å². The zero-order valence-corrected chi connectivity index (χ0v) is 25.5. The van der Waals surface area contributed by atoms with Crippen LogP contribution in [0.5, 0.6) is 5.75 Å². The van der Waals surface area contributed by atoms with Gasteiger partial charge in [0.1, 0.15) is 11.8 Å². The molecule has 44 heavy (non-hydrogen) atoms. The van der Waals surface area contributed by atoms with Crippen molar-refractivity contribution in [2.24, 2.45) is 5.41 Å². The first-order valence-electron chi connectivity index (χ1n) is 14.8. The molecule has 0 spiro atoms. The van der Waals surface area contributed by atoms with E-state index in [0.29, 0.717) is 48.7 Å². The number of benzene rings is 4. The molecule has 2 N–H and O–H groups in total. The number of ketones is 1. The van der Waals surface area contributed by atoms with Crippen LogP contribution in [-0.2, 0) is 22.6 Å². The molecule has 0 saturated heterocycles. The molecule has 0 aliphatic heterocycles. The fourth-order valence-corrected chi connectivity index (χ4v) is 4.87. The summed E-state index contributed by atoms with van der Waals surface area (Å²) in [5.41, 5.74) is 2.85. The third kappa shape index (κ3) is 9.04. The third-order valence-corrected chi connectivity index (χ3v) is 7.18. The summed E-state index contributed by atoms with van der Waals surface area (Å²) >= 11 is 0. The smallest absolute Gasteiger partial charge is 0.326 e. The highest BCUT2D eigenvalue weighted by molar-refractivity contribution is 6.12. The number of carboxylic acid groups (broad SMARTS) is 1. The van der Waals surface area contributed by atoms with Gasteiger partial charge in [-0.15, -0.1) is 0 Å². The van der Waals surface area contributed by atoms with Crippen molar-refractivity contribution in [3.8, 4) is 5.75 Å². The van der Waals surface area contributed by atoms with Crippen molar-refractivity contribution in [3.63, 3.8) is 0 Å².